The normalized spacial score (nSPS) is 15.1. The Kier molecular flexibility index (Phi) is 2.74. The van der Waals surface area contributed by atoms with Crippen molar-refractivity contribution in [3.8, 4) is 6.07 Å². The van der Waals surface area contributed by atoms with Gasteiger partial charge in [-0.1, -0.05) is 18.6 Å². The number of aryl methyl sites for hydroxylation is 1. The number of nitriles is 1. The van der Waals surface area contributed by atoms with Gasteiger partial charge in [-0.15, -0.1) is 0 Å². The number of fused-ring (bicyclic) bond motifs is 1. The Hall–Kier alpha value is -1.34. The summed E-state index contributed by atoms with van der Waals surface area (Å²) in [7, 11) is 0. The average molecular weight is 220 g/mol. The molecule has 0 amide bonds. The highest BCUT2D eigenvalue weighted by atomic mass is 32.1. The van der Waals surface area contributed by atoms with E-state index in [1.165, 1.54) is 6.42 Å². The fraction of sp³-hybridized carbons (Fsp3) is 0.455. The van der Waals surface area contributed by atoms with Gasteiger partial charge in [-0.25, -0.2) is 0 Å². The van der Waals surface area contributed by atoms with Crippen LogP contribution in [0.4, 0.5) is 5.88 Å². The third kappa shape index (κ3) is 1.75. The highest BCUT2D eigenvalue weighted by Crippen LogP contribution is 2.27. The van der Waals surface area contributed by atoms with Crippen LogP contribution < -0.4 is 5.73 Å². The Balaban J connectivity index is 2.66. The van der Waals surface area contributed by atoms with E-state index < -0.39 is 0 Å². The second kappa shape index (κ2) is 4.03. The van der Waals surface area contributed by atoms with Crippen LogP contribution in [0.2, 0.25) is 0 Å². The number of nitrogens with two attached hydrogens (primary N) is 1. The first-order valence-corrected chi connectivity index (χ1v) is 5.49. The Labute approximate surface area is 93.5 Å². The molecule has 1 aliphatic carbocycles. The minimum absolute atomic E-state index is 0.170. The predicted octanol–water partition coefficient (Wildman–Crippen LogP) is 2.73. The van der Waals surface area contributed by atoms with Crippen molar-refractivity contribution < 1.29 is 4.42 Å². The van der Waals surface area contributed by atoms with Crippen LogP contribution in [-0.2, 0) is 12.8 Å². The number of nitrogens with zero attached hydrogens (tertiary/aromatic N) is 1. The van der Waals surface area contributed by atoms with Crippen LogP contribution in [0.15, 0.2) is 4.42 Å². The number of hydrogen-bond acceptors (Lipinski definition) is 4. The molecule has 15 heavy (non-hydrogen) atoms. The lowest BCUT2D eigenvalue weighted by Gasteiger charge is -2.07. The van der Waals surface area contributed by atoms with E-state index >= 15 is 0 Å². The van der Waals surface area contributed by atoms with Crippen molar-refractivity contribution in [1.29, 1.82) is 5.26 Å². The Morgan fingerprint density at radius 3 is 2.73 bits per heavy atom. The molecule has 1 aromatic rings. The van der Waals surface area contributed by atoms with Crippen LogP contribution in [0.5, 0.6) is 0 Å². The lowest BCUT2D eigenvalue weighted by atomic mass is 10.1. The molecular weight excluding hydrogens is 208 g/mol. The molecule has 0 unspecified atom stereocenters. The van der Waals surface area contributed by atoms with Crippen molar-refractivity contribution >= 4 is 18.1 Å². The lowest BCUT2D eigenvalue weighted by molar-refractivity contribution is 0.499. The van der Waals surface area contributed by atoms with Gasteiger partial charge in [0.25, 0.3) is 0 Å². The van der Waals surface area contributed by atoms with E-state index in [1.807, 2.05) is 6.07 Å². The molecule has 0 spiro atoms. The summed E-state index contributed by atoms with van der Waals surface area (Å²) in [6.45, 7) is 0. The van der Waals surface area contributed by atoms with E-state index in [0.717, 1.165) is 37.0 Å². The Bertz CT molecular complexity index is 485. The molecule has 3 nitrogen and oxygen atoms in total. The smallest absolute Gasteiger partial charge is 0.209 e. The number of anilines is 1. The molecule has 2 N–H and O–H groups in total. The van der Waals surface area contributed by atoms with E-state index in [2.05, 4.69) is 0 Å². The van der Waals surface area contributed by atoms with Crippen LogP contribution >= 0.6 is 12.2 Å². The number of hydrogen-bond donors (Lipinski definition) is 1. The molecule has 0 aromatic carbocycles. The maximum atomic E-state index is 8.91. The average Bonchev–Trinajstić information content (AvgIpc) is 2.43. The van der Waals surface area contributed by atoms with Crippen LogP contribution in [-0.4, -0.2) is 0 Å². The maximum absolute atomic E-state index is 8.91. The first kappa shape index (κ1) is 10.2. The van der Waals surface area contributed by atoms with E-state index in [1.54, 1.807) is 0 Å². The first-order valence-electron chi connectivity index (χ1n) is 5.08. The van der Waals surface area contributed by atoms with E-state index in [0.29, 0.717) is 10.1 Å². The summed E-state index contributed by atoms with van der Waals surface area (Å²) in [4.78, 5) is 0. The van der Waals surface area contributed by atoms with E-state index in [9.17, 15) is 0 Å². The van der Waals surface area contributed by atoms with Gasteiger partial charge in [0.1, 0.15) is 17.4 Å². The molecular formula is C11H12N2OS. The molecule has 0 radical (unpaired) electrons. The number of nitrogen functional groups attached to an aromatic ring is 1. The van der Waals surface area contributed by atoms with Crippen LogP contribution in [0, 0.1) is 15.8 Å². The summed E-state index contributed by atoms with van der Waals surface area (Å²) in [6, 6.07) is 2.01. The fourth-order valence-electron chi connectivity index (χ4n) is 1.96. The summed E-state index contributed by atoms with van der Waals surface area (Å²) in [5.41, 5.74) is 7.00. The van der Waals surface area contributed by atoms with Gasteiger partial charge in [-0.3, -0.25) is 0 Å². The number of rotatable bonds is 0. The summed E-state index contributed by atoms with van der Waals surface area (Å²) in [5.74, 6) is 1.05. The lowest BCUT2D eigenvalue weighted by Crippen LogP contribution is -1.99. The molecule has 1 heterocycles. The van der Waals surface area contributed by atoms with Crippen molar-refractivity contribution in [2.45, 2.75) is 32.1 Å². The third-order valence-corrected chi connectivity index (χ3v) is 3.21. The summed E-state index contributed by atoms with van der Waals surface area (Å²) in [5, 5.41) is 8.91. The Morgan fingerprint density at radius 2 is 2.00 bits per heavy atom. The monoisotopic (exact) mass is 220 g/mol. The zero-order valence-electron chi connectivity index (χ0n) is 8.38. The third-order valence-electron chi connectivity index (χ3n) is 2.76. The SMILES string of the molecule is N#Cc1c(N)oc2c(c1=S)CCCCC2. The molecule has 0 aliphatic heterocycles. The Morgan fingerprint density at radius 1 is 1.27 bits per heavy atom. The van der Waals surface area contributed by atoms with Crippen LogP contribution in [0.25, 0.3) is 0 Å². The highest BCUT2D eigenvalue weighted by molar-refractivity contribution is 7.71. The predicted molar refractivity (Wildman–Crippen MR) is 59.9 cm³/mol. The highest BCUT2D eigenvalue weighted by Gasteiger charge is 2.16. The molecule has 1 aliphatic rings. The van der Waals surface area contributed by atoms with Gasteiger partial charge in [-0.05, 0) is 19.3 Å². The molecule has 4 heteroatoms. The molecule has 0 bridgehead atoms. The van der Waals surface area contributed by atoms with E-state index in [-0.39, 0.29) is 5.88 Å². The van der Waals surface area contributed by atoms with Gasteiger partial charge in [-0.2, -0.15) is 5.26 Å². The summed E-state index contributed by atoms with van der Waals surface area (Å²) >= 11 is 5.26. The van der Waals surface area contributed by atoms with Gasteiger partial charge in [0.2, 0.25) is 5.88 Å². The topological polar surface area (TPSA) is 63.0 Å². The van der Waals surface area contributed by atoms with Gasteiger partial charge >= 0.3 is 0 Å². The first-order chi connectivity index (χ1) is 7.24. The minimum atomic E-state index is 0.170. The second-order valence-corrected chi connectivity index (χ2v) is 4.15. The summed E-state index contributed by atoms with van der Waals surface area (Å²) in [6.07, 6.45) is 5.19. The molecule has 2 rings (SSSR count). The van der Waals surface area contributed by atoms with Crippen molar-refractivity contribution in [1.82, 2.24) is 0 Å². The van der Waals surface area contributed by atoms with E-state index in [4.69, 9.17) is 27.6 Å². The van der Waals surface area contributed by atoms with Gasteiger partial charge < -0.3 is 10.2 Å². The van der Waals surface area contributed by atoms with Gasteiger partial charge in [0, 0.05) is 12.0 Å². The maximum Gasteiger partial charge on any atom is 0.209 e. The molecule has 0 saturated heterocycles. The molecule has 0 atom stereocenters. The van der Waals surface area contributed by atoms with Crippen molar-refractivity contribution in [2.24, 2.45) is 0 Å². The fourth-order valence-corrected chi connectivity index (χ4v) is 2.32. The standard InChI is InChI=1S/C11H12N2OS/c12-6-8-10(15)7-4-2-1-3-5-9(7)14-11(8)13/h1-5,13H2. The zero-order chi connectivity index (χ0) is 10.8. The van der Waals surface area contributed by atoms with Crippen LogP contribution in [0.1, 0.15) is 36.1 Å². The minimum Gasteiger partial charge on any atom is -0.444 e. The molecule has 1 aromatic heterocycles. The molecule has 78 valence electrons. The second-order valence-electron chi connectivity index (χ2n) is 3.74. The van der Waals surface area contributed by atoms with Gasteiger partial charge in [0.15, 0.2) is 0 Å². The summed E-state index contributed by atoms with van der Waals surface area (Å²) < 4.78 is 6.07. The van der Waals surface area contributed by atoms with Crippen molar-refractivity contribution in [3.05, 3.63) is 21.4 Å². The van der Waals surface area contributed by atoms with Gasteiger partial charge in [0.05, 0.1) is 4.51 Å². The molecule has 0 fully saturated rings. The van der Waals surface area contributed by atoms with Crippen molar-refractivity contribution in [2.75, 3.05) is 5.73 Å². The quantitative estimate of drug-likeness (QED) is 0.539. The molecule has 0 saturated carbocycles. The largest absolute Gasteiger partial charge is 0.444 e. The zero-order valence-corrected chi connectivity index (χ0v) is 9.19. The van der Waals surface area contributed by atoms with Crippen LogP contribution in [0.3, 0.4) is 0 Å². The van der Waals surface area contributed by atoms with Crippen molar-refractivity contribution in [3.63, 3.8) is 0 Å².